The van der Waals surface area contributed by atoms with Crippen molar-refractivity contribution < 1.29 is 37.6 Å². The summed E-state index contributed by atoms with van der Waals surface area (Å²) >= 11 is 0. The Hall–Kier alpha value is -2.03. The zero-order valence-electron chi connectivity index (χ0n) is 50.7. The van der Waals surface area contributed by atoms with Crippen LogP contribution in [0.25, 0.3) is 0 Å². The van der Waals surface area contributed by atoms with Crippen LogP contribution in [0.2, 0.25) is 0 Å². The topological polar surface area (TPSA) is 134 Å². The number of ether oxygens (including phenoxy) is 2. The number of esters is 2. The Labute approximate surface area is 477 Å². The summed E-state index contributed by atoms with van der Waals surface area (Å²) in [4.78, 5) is 35.3. The van der Waals surface area contributed by atoms with Gasteiger partial charge in [0.1, 0.15) is 6.61 Å². The van der Waals surface area contributed by atoms with Crippen molar-refractivity contribution in [3.05, 3.63) is 48.6 Å². The second kappa shape index (κ2) is 63.2. The lowest BCUT2D eigenvalue weighted by Gasteiger charge is -2.19. The van der Waals surface area contributed by atoms with Crippen molar-refractivity contribution in [2.24, 2.45) is 5.73 Å². The van der Waals surface area contributed by atoms with Crippen molar-refractivity contribution in [1.29, 1.82) is 0 Å². The molecular formula is C67H126NO8P. The largest absolute Gasteiger partial charge is 0.472 e. The fourth-order valence-corrected chi connectivity index (χ4v) is 10.6. The second-order valence-electron chi connectivity index (χ2n) is 22.3. The molecule has 0 spiro atoms. The van der Waals surface area contributed by atoms with Gasteiger partial charge in [0.15, 0.2) is 6.10 Å². The van der Waals surface area contributed by atoms with Gasteiger partial charge in [-0.2, -0.15) is 0 Å². The molecule has 0 amide bonds. The van der Waals surface area contributed by atoms with E-state index < -0.39 is 26.5 Å². The average Bonchev–Trinajstić information content (AvgIpc) is 3.42. The highest BCUT2D eigenvalue weighted by Gasteiger charge is 2.26. The van der Waals surface area contributed by atoms with E-state index in [0.29, 0.717) is 6.42 Å². The molecule has 0 aromatic carbocycles. The third-order valence-corrected chi connectivity index (χ3v) is 15.7. The van der Waals surface area contributed by atoms with Crippen molar-refractivity contribution in [3.8, 4) is 0 Å². The molecule has 10 heteroatoms. The molecule has 0 saturated heterocycles. The molecule has 3 N–H and O–H groups in total. The Bertz CT molecular complexity index is 1400. The number of allylic oxidation sites excluding steroid dienone is 8. The predicted molar refractivity (Wildman–Crippen MR) is 330 cm³/mol. The van der Waals surface area contributed by atoms with Crippen LogP contribution in [-0.4, -0.2) is 49.3 Å². The fourth-order valence-electron chi connectivity index (χ4n) is 9.87. The zero-order valence-corrected chi connectivity index (χ0v) is 51.6. The summed E-state index contributed by atoms with van der Waals surface area (Å²) in [7, 11) is -4.39. The molecule has 0 fully saturated rings. The number of carbonyl (C=O) groups excluding carboxylic acids is 2. The van der Waals surface area contributed by atoms with Gasteiger partial charge in [-0.05, 0) is 51.4 Å². The first kappa shape index (κ1) is 75.0. The van der Waals surface area contributed by atoms with E-state index in [9.17, 15) is 19.0 Å². The summed E-state index contributed by atoms with van der Waals surface area (Å²) in [5, 5.41) is 0. The first-order valence-electron chi connectivity index (χ1n) is 33.1. The van der Waals surface area contributed by atoms with Gasteiger partial charge in [0.2, 0.25) is 0 Å². The van der Waals surface area contributed by atoms with Crippen LogP contribution in [0.1, 0.15) is 335 Å². The molecule has 0 aliphatic heterocycles. The van der Waals surface area contributed by atoms with E-state index in [1.165, 1.54) is 238 Å². The van der Waals surface area contributed by atoms with Crippen LogP contribution < -0.4 is 5.73 Å². The molecule has 2 unspecified atom stereocenters. The van der Waals surface area contributed by atoms with E-state index >= 15 is 0 Å². The van der Waals surface area contributed by atoms with Crippen molar-refractivity contribution in [2.75, 3.05) is 26.4 Å². The van der Waals surface area contributed by atoms with Crippen molar-refractivity contribution >= 4 is 19.8 Å². The van der Waals surface area contributed by atoms with Crippen molar-refractivity contribution in [2.45, 2.75) is 341 Å². The Morgan fingerprint density at radius 1 is 0.403 bits per heavy atom. The summed E-state index contributed by atoms with van der Waals surface area (Å²) in [5.74, 6) is -0.811. The summed E-state index contributed by atoms with van der Waals surface area (Å²) in [6.45, 7) is 3.69. The lowest BCUT2D eigenvalue weighted by atomic mass is 10.0. The first-order chi connectivity index (χ1) is 37.8. The highest BCUT2D eigenvalue weighted by atomic mass is 31.2. The standard InChI is InChI=1S/C67H126NO8P/c1-3-5-7-9-11-13-15-17-19-21-23-25-27-29-31-32-34-35-37-39-41-43-45-47-49-51-53-55-57-59-66(69)73-63-65(64-75-77(71,72)74-62-61-68)76-67(70)60-58-56-54-52-50-48-46-44-42-40-38-36-33-30-28-26-24-22-20-18-16-14-12-10-8-6-4-2/h6,8,12,14,18,20,24,26,65H,3-5,7,9-11,13,15-17,19,21-23,25,27-64,68H2,1-2H3,(H,71,72)/b8-6-,14-12-,20-18-,26-24-. The minimum absolute atomic E-state index is 0.0545. The summed E-state index contributed by atoms with van der Waals surface area (Å²) in [6.07, 6.45) is 79.1. The molecule has 0 aromatic rings. The maximum atomic E-state index is 12.7. The van der Waals surface area contributed by atoms with Crippen LogP contribution in [0.3, 0.4) is 0 Å². The maximum absolute atomic E-state index is 12.7. The number of hydrogen-bond donors (Lipinski definition) is 2. The molecule has 0 rings (SSSR count). The number of rotatable bonds is 63. The van der Waals surface area contributed by atoms with E-state index in [1.54, 1.807) is 0 Å². The molecule has 0 aliphatic rings. The van der Waals surface area contributed by atoms with Crippen molar-refractivity contribution in [3.63, 3.8) is 0 Å². The van der Waals surface area contributed by atoms with Crippen LogP contribution in [0, 0.1) is 0 Å². The molecule has 77 heavy (non-hydrogen) atoms. The molecule has 9 nitrogen and oxygen atoms in total. The maximum Gasteiger partial charge on any atom is 0.472 e. The van der Waals surface area contributed by atoms with Gasteiger partial charge in [0.05, 0.1) is 13.2 Å². The lowest BCUT2D eigenvalue weighted by molar-refractivity contribution is -0.161. The molecule has 2 atom stereocenters. The number of carbonyl (C=O) groups is 2. The second-order valence-corrected chi connectivity index (χ2v) is 23.8. The quantitative estimate of drug-likeness (QED) is 0.0264. The van der Waals surface area contributed by atoms with E-state index in [0.717, 1.165) is 64.2 Å². The highest BCUT2D eigenvalue weighted by Crippen LogP contribution is 2.43. The smallest absolute Gasteiger partial charge is 0.462 e. The molecule has 452 valence electrons. The van der Waals surface area contributed by atoms with Gasteiger partial charge >= 0.3 is 19.8 Å². The predicted octanol–water partition coefficient (Wildman–Crippen LogP) is 21.3. The Balaban J connectivity index is 3.86. The summed E-state index contributed by atoms with van der Waals surface area (Å²) < 4.78 is 33.2. The molecule has 0 aliphatic carbocycles. The van der Waals surface area contributed by atoms with Crippen LogP contribution in [0.15, 0.2) is 48.6 Å². The zero-order chi connectivity index (χ0) is 55.9. The van der Waals surface area contributed by atoms with E-state index in [4.69, 9.17) is 24.3 Å². The number of phosphoric acid groups is 1. The van der Waals surface area contributed by atoms with E-state index in [1.807, 2.05) is 0 Å². The number of phosphoric ester groups is 1. The molecule has 0 saturated carbocycles. The SMILES string of the molecule is CC/C=C\C/C=C\C/C=C\C/C=C\CCCCCCCCCCCCCCCCC(=O)OC(COC(=O)CCCCCCCCCCCCCCCCCCCCCCCCCCCCCCC)COP(=O)(O)OCCN. The lowest BCUT2D eigenvalue weighted by Crippen LogP contribution is -2.29. The minimum Gasteiger partial charge on any atom is -0.462 e. The van der Waals surface area contributed by atoms with Gasteiger partial charge in [-0.1, -0.05) is 319 Å². The van der Waals surface area contributed by atoms with Gasteiger partial charge in [-0.15, -0.1) is 0 Å². The van der Waals surface area contributed by atoms with Gasteiger partial charge in [-0.25, -0.2) is 4.57 Å². The highest BCUT2D eigenvalue weighted by molar-refractivity contribution is 7.47. The Kier molecular flexibility index (Phi) is 61.5. The monoisotopic (exact) mass is 1100 g/mol. The van der Waals surface area contributed by atoms with Gasteiger partial charge < -0.3 is 20.1 Å². The summed E-state index contributed by atoms with van der Waals surface area (Å²) in [6, 6.07) is 0. The van der Waals surface area contributed by atoms with Crippen LogP contribution in [-0.2, 0) is 32.7 Å². The number of nitrogens with two attached hydrogens (primary N) is 1. The third-order valence-electron chi connectivity index (χ3n) is 14.7. The van der Waals surface area contributed by atoms with Crippen LogP contribution >= 0.6 is 7.82 Å². The van der Waals surface area contributed by atoms with Crippen molar-refractivity contribution in [1.82, 2.24) is 0 Å². The number of hydrogen-bond acceptors (Lipinski definition) is 8. The van der Waals surface area contributed by atoms with Gasteiger partial charge in [0.25, 0.3) is 0 Å². The first-order valence-corrected chi connectivity index (χ1v) is 34.6. The third kappa shape index (κ3) is 63.0. The average molecular weight is 1100 g/mol. The van der Waals surface area contributed by atoms with Gasteiger partial charge in [-0.3, -0.25) is 18.6 Å². The molecule has 0 radical (unpaired) electrons. The minimum atomic E-state index is -4.39. The summed E-state index contributed by atoms with van der Waals surface area (Å²) in [5.41, 5.74) is 5.40. The Morgan fingerprint density at radius 2 is 0.714 bits per heavy atom. The fraction of sp³-hybridized carbons (Fsp3) is 0.851. The van der Waals surface area contributed by atoms with E-state index in [-0.39, 0.29) is 38.6 Å². The molecule has 0 heterocycles. The molecular weight excluding hydrogens is 978 g/mol. The van der Waals surface area contributed by atoms with Crippen LogP contribution in [0.5, 0.6) is 0 Å². The molecule has 0 bridgehead atoms. The molecule has 0 aromatic heterocycles. The normalized spacial score (nSPS) is 13.2. The van der Waals surface area contributed by atoms with Crippen LogP contribution in [0.4, 0.5) is 0 Å². The van der Waals surface area contributed by atoms with Gasteiger partial charge in [0, 0.05) is 19.4 Å². The Morgan fingerprint density at radius 3 is 1.06 bits per heavy atom. The van der Waals surface area contributed by atoms with E-state index in [2.05, 4.69) is 62.5 Å². The number of unbranched alkanes of at least 4 members (excludes halogenated alkanes) is 42.